The summed E-state index contributed by atoms with van der Waals surface area (Å²) in [4.78, 5) is 4.35. The Kier molecular flexibility index (Phi) is 3.92. The molecule has 0 aliphatic carbocycles. The first-order valence-electron chi connectivity index (χ1n) is 9.66. The van der Waals surface area contributed by atoms with Gasteiger partial charge in [-0.2, -0.15) is 0 Å². The van der Waals surface area contributed by atoms with Crippen molar-refractivity contribution in [3.8, 4) is 5.69 Å². The molecule has 0 aliphatic rings. The fraction of sp³-hybridized carbons (Fsp3) is 0.320. The van der Waals surface area contributed by atoms with Crippen molar-refractivity contribution in [2.24, 2.45) is 0 Å². The van der Waals surface area contributed by atoms with E-state index in [0.29, 0.717) is 0 Å². The van der Waals surface area contributed by atoms with Crippen molar-refractivity contribution in [2.45, 2.75) is 52.4 Å². The molecule has 0 saturated heterocycles. The lowest BCUT2D eigenvalue weighted by atomic mass is 9.85. The minimum absolute atomic E-state index is 0.124. The Morgan fingerprint density at radius 2 is 1.22 bits per heavy atom. The minimum atomic E-state index is 0.124. The van der Waals surface area contributed by atoms with Crippen molar-refractivity contribution in [3.63, 3.8) is 0 Å². The molecule has 2 aromatic carbocycles. The molecule has 2 heterocycles. The number of rotatable bonds is 1. The molecule has 4 aromatic rings. The topological polar surface area (TPSA) is 17.8 Å². The maximum atomic E-state index is 4.35. The van der Waals surface area contributed by atoms with Crippen molar-refractivity contribution in [1.29, 1.82) is 0 Å². The highest BCUT2D eigenvalue weighted by Gasteiger charge is 2.20. The fourth-order valence-corrected chi connectivity index (χ4v) is 3.72. The molecule has 4 rings (SSSR count). The average Bonchev–Trinajstić information content (AvgIpc) is 2.94. The summed E-state index contributed by atoms with van der Waals surface area (Å²) in [6.07, 6.45) is 3.76. The van der Waals surface area contributed by atoms with E-state index in [0.717, 1.165) is 5.69 Å². The summed E-state index contributed by atoms with van der Waals surface area (Å²) in [5.41, 5.74) is 6.54. The van der Waals surface area contributed by atoms with Crippen LogP contribution in [0, 0.1) is 0 Å². The van der Waals surface area contributed by atoms with Gasteiger partial charge in [0, 0.05) is 17.0 Å². The van der Waals surface area contributed by atoms with Gasteiger partial charge in [0.05, 0.1) is 22.9 Å². The van der Waals surface area contributed by atoms with E-state index in [-0.39, 0.29) is 10.8 Å². The van der Waals surface area contributed by atoms with Gasteiger partial charge in [-0.1, -0.05) is 53.7 Å². The van der Waals surface area contributed by atoms with Gasteiger partial charge >= 0.3 is 0 Å². The molecule has 0 aliphatic heterocycles. The number of hydrogen-bond acceptors (Lipinski definition) is 1. The molecule has 0 radical (unpaired) electrons. The highest BCUT2D eigenvalue weighted by molar-refractivity contribution is 6.09. The smallest absolute Gasteiger partial charge is 0.0645 e. The second-order valence-electron chi connectivity index (χ2n) is 9.51. The Morgan fingerprint density at radius 3 is 1.63 bits per heavy atom. The molecule has 0 amide bonds. The number of nitrogens with zero attached hydrogens (tertiary/aromatic N) is 2. The van der Waals surface area contributed by atoms with Crippen LogP contribution in [0.1, 0.15) is 52.7 Å². The van der Waals surface area contributed by atoms with Crippen LogP contribution in [-0.2, 0) is 10.8 Å². The lowest BCUT2D eigenvalue weighted by Gasteiger charge is -2.19. The summed E-state index contributed by atoms with van der Waals surface area (Å²) in [6, 6.07) is 17.9. The van der Waals surface area contributed by atoms with E-state index >= 15 is 0 Å². The Morgan fingerprint density at radius 1 is 0.704 bits per heavy atom. The Hall–Kier alpha value is -2.61. The van der Waals surface area contributed by atoms with Gasteiger partial charge in [-0.05, 0) is 58.4 Å². The Bertz CT molecular complexity index is 1050. The van der Waals surface area contributed by atoms with E-state index < -0.39 is 0 Å². The number of pyridine rings is 1. The van der Waals surface area contributed by atoms with Gasteiger partial charge in [-0.15, -0.1) is 0 Å². The standard InChI is InChI=1S/C25H28N2/c1-24(2,3)17-9-11-22-20(14-17)21-15-18(25(4,5)6)10-12-23(21)27(22)19-8-7-13-26-16-19/h7-16H,1-6H3. The first-order valence-corrected chi connectivity index (χ1v) is 9.66. The molecule has 0 unspecified atom stereocenters. The third kappa shape index (κ3) is 3.03. The Labute approximate surface area is 161 Å². The normalized spacial score (nSPS) is 12.8. The van der Waals surface area contributed by atoms with Crippen molar-refractivity contribution in [3.05, 3.63) is 72.1 Å². The van der Waals surface area contributed by atoms with Gasteiger partial charge in [-0.25, -0.2) is 0 Å². The molecular weight excluding hydrogens is 328 g/mol. The molecule has 138 valence electrons. The first kappa shape index (κ1) is 17.8. The van der Waals surface area contributed by atoms with E-state index in [4.69, 9.17) is 0 Å². The minimum Gasteiger partial charge on any atom is -0.308 e. The summed E-state index contributed by atoms with van der Waals surface area (Å²) in [6.45, 7) is 13.6. The van der Waals surface area contributed by atoms with Crippen LogP contribution in [0.25, 0.3) is 27.5 Å². The van der Waals surface area contributed by atoms with Gasteiger partial charge in [0.15, 0.2) is 0 Å². The summed E-state index contributed by atoms with van der Waals surface area (Å²) >= 11 is 0. The SMILES string of the molecule is CC(C)(C)c1ccc2c(c1)c1cc(C(C)(C)C)ccc1n2-c1cccnc1. The number of fused-ring (bicyclic) bond motifs is 3. The summed E-state index contributed by atoms with van der Waals surface area (Å²) in [7, 11) is 0. The van der Waals surface area contributed by atoms with E-state index in [1.807, 2.05) is 18.5 Å². The second kappa shape index (κ2) is 5.95. The van der Waals surface area contributed by atoms with E-state index in [2.05, 4.69) is 93.6 Å². The summed E-state index contributed by atoms with van der Waals surface area (Å²) in [5.74, 6) is 0. The monoisotopic (exact) mass is 356 g/mol. The molecule has 0 fully saturated rings. The van der Waals surface area contributed by atoms with Crippen LogP contribution in [0.15, 0.2) is 60.9 Å². The molecule has 0 saturated carbocycles. The molecular formula is C25H28N2. The lowest BCUT2D eigenvalue weighted by Crippen LogP contribution is -2.10. The second-order valence-corrected chi connectivity index (χ2v) is 9.51. The number of hydrogen-bond donors (Lipinski definition) is 0. The molecule has 27 heavy (non-hydrogen) atoms. The van der Waals surface area contributed by atoms with E-state index in [1.54, 1.807) is 0 Å². The average molecular weight is 357 g/mol. The molecule has 0 N–H and O–H groups in total. The van der Waals surface area contributed by atoms with Crippen LogP contribution in [-0.4, -0.2) is 9.55 Å². The van der Waals surface area contributed by atoms with Crippen molar-refractivity contribution in [1.82, 2.24) is 9.55 Å². The Balaban J connectivity index is 2.13. The van der Waals surface area contributed by atoms with Crippen LogP contribution >= 0.6 is 0 Å². The highest BCUT2D eigenvalue weighted by atomic mass is 15.0. The fourth-order valence-electron chi connectivity index (χ4n) is 3.72. The van der Waals surface area contributed by atoms with Gasteiger partial charge < -0.3 is 4.57 Å². The van der Waals surface area contributed by atoms with Gasteiger partial charge in [-0.3, -0.25) is 4.98 Å². The lowest BCUT2D eigenvalue weighted by molar-refractivity contribution is 0.590. The number of benzene rings is 2. The van der Waals surface area contributed by atoms with Crippen molar-refractivity contribution in [2.75, 3.05) is 0 Å². The number of aromatic nitrogens is 2. The van der Waals surface area contributed by atoms with Gasteiger partial charge in [0.2, 0.25) is 0 Å². The summed E-state index contributed by atoms with van der Waals surface area (Å²) < 4.78 is 2.33. The van der Waals surface area contributed by atoms with Crippen molar-refractivity contribution >= 4 is 21.8 Å². The van der Waals surface area contributed by atoms with Gasteiger partial charge in [0.1, 0.15) is 0 Å². The van der Waals surface area contributed by atoms with E-state index in [9.17, 15) is 0 Å². The van der Waals surface area contributed by atoms with Crippen LogP contribution in [0.2, 0.25) is 0 Å². The van der Waals surface area contributed by atoms with E-state index in [1.165, 1.54) is 32.9 Å². The zero-order chi connectivity index (χ0) is 19.4. The maximum absolute atomic E-state index is 4.35. The molecule has 2 nitrogen and oxygen atoms in total. The predicted octanol–water partition coefficient (Wildman–Crippen LogP) is 6.77. The third-order valence-electron chi connectivity index (χ3n) is 5.40. The highest BCUT2D eigenvalue weighted by Crippen LogP contribution is 2.37. The molecule has 2 aromatic heterocycles. The molecule has 0 bridgehead atoms. The first-order chi connectivity index (χ1) is 12.7. The molecule has 0 spiro atoms. The molecule has 0 atom stereocenters. The van der Waals surface area contributed by atoms with Crippen LogP contribution in [0.4, 0.5) is 0 Å². The maximum Gasteiger partial charge on any atom is 0.0645 e. The van der Waals surface area contributed by atoms with Crippen LogP contribution in [0.5, 0.6) is 0 Å². The zero-order valence-electron chi connectivity index (χ0n) is 17.2. The largest absolute Gasteiger partial charge is 0.308 e. The molecule has 2 heteroatoms. The third-order valence-corrected chi connectivity index (χ3v) is 5.40. The predicted molar refractivity (Wildman–Crippen MR) is 116 cm³/mol. The quantitative estimate of drug-likeness (QED) is 0.368. The van der Waals surface area contributed by atoms with Crippen LogP contribution < -0.4 is 0 Å². The van der Waals surface area contributed by atoms with Gasteiger partial charge in [0.25, 0.3) is 0 Å². The summed E-state index contributed by atoms with van der Waals surface area (Å²) in [5, 5.41) is 2.62. The van der Waals surface area contributed by atoms with Crippen molar-refractivity contribution < 1.29 is 0 Å². The zero-order valence-corrected chi connectivity index (χ0v) is 17.2. The van der Waals surface area contributed by atoms with Crippen LogP contribution in [0.3, 0.4) is 0 Å².